The average Bonchev–Trinajstić information content (AvgIpc) is 2.27. The van der Waals surface area contributed by atoms with Gasteiger partial charge in [-0.05, 0) is 35.3 Å². The van der Waals surface area contributed by atoms with Crippen molar-refractivity contribution < 1.29 is 4.79 Å². The molecule has 1 aromatic carbocycles. The summed E-state index contributed by atoms with van der Waals surface area (Å²) in [7, 11) is 0. The number of Topliss-reactive ketones (excluding diaryl/α,β-unsaturated/α-hetero) is 1. The van der Waals surface area contributed by atoms with Crippen LogP contribution < -0.4 is 0 Å². The Labute approximate surface area is 118 Å². The highest BCUT2D eigenvalue weighted by Crippen LogP contribution is 2.29. The van der Waals surface area contributed by atoms with Crippen molar-refractivity contribution in [2.75, 3.05) is 0 Å². The zero-order chi connectivity index (χ0) is 14.6. The molecule has 0 saturated carbocycles. The smallest absolute Gasteiger partial charge is 0.163 e. The van der Waals surface area contributed by atoms with Crippen LogP contribution in [0.5, 0.6) is 0 Å². The SMILES string of the molecule is CC(C)Cc1cccc(C(=O)CC(C)C(C)(C)C)c1. The maximum atomic E-state index is 12.3. The van der Waals surface area contributed by atoms with Crippen molar-refractivity contribution in [2.24, 2.45) is 17.3 Å². The van der Waals surface area contributed by atoms with Gasteiger partial charge in [0.15, 0.2) is 5.78 Å². The van der Waals surface area contributed by atoms with Crippen LogP contribution in [0.4, 0.5) is 0 Å². The third-order valence-electron chi connectivity index (χ3n) is 3.86. The number of carbonyl (C=O) groups is 1. The van der Waals surface area contributed by atoms with Crippen LogP contribution in [0.1, 0.15) is 63.9 Å². The summed E-state index contributed by atoms with van der Waals surface area (Å²) in [4.78, 5) is 12.3. The summed E-state index contributed by atoms with van der Waals surface area (Å²) in [6, 6.07) is 8.13. The van der Waals surface area contributed by atoms with Gasteiger partial charge in [-0.1, -0.05) is 59.7 Å². The lowest BCUT2D eigenvalue weighted by molar-refractivity contribution is 0.0927. The van der Waals surface area contributed by atoms with Gasteiger partial charge in [0.05, 0.1) is 0 Å². The molecule has 0 aliphatic rings. The van der Waals surface area contributed by atoms with Crippen molar-refractivity contribution in [1.29, 1.82) is 0 Å². The van der Waals surface area contributed by atoms with E-state index in [4.69, 9.17) is 0 Å². The van der Waals surface area contributed by atoms with Crippen molar-refractivity contribution in [3.63, 3.8) is 0 Å². The standard InChI is InChI=1S/C18H28O/c1-13(2)10-15-8-7-9-16(12-15)17(19)11-14(3)18(4,5)6/h7-9,12-14H,10-11H2,1-6H3. The van der Waals surface area contributed by atoms with E-state index in [1.807, 2.05) is 12.1 Å². The molecule has 0 heterocycles. The van der Waals surface area contributed by atoms with Gasteiger partial charge in [0.2, 0.25) is 0 Å². The molecule has 0 bridgehead atoms. The van der Waals surface area contributed by atoms with Gasteiger partial charge in [-0.2, -0.15) is 0 Å². The van der Waals surface area contributed by atoms with Crippen LogP contribution in [-0.2, 0) is 6.42 Å². The quantitative estimate of drug-likeness (QED) is 0.670. The Morgan fingerprint density at radius 3 is 2.32 bits per heavy atom. The highest BCUT2D eigenvalue weighted by atomic mass is 16.1. The summed E-state index contributed by atoms with van der Waals surface area (Å²) >= 11 is 0. The fourth-order valence-corrected chi connectivity index (χ4v) is 2.05. The van der Waals surface area contributed by atoms with Gasteiger partial charge < -0.3 is 0 Å². The molecular formula is C18H28O. The Balaban J connectivity index is 2.77. The molecule has 1 rings (SSSR count). The first-order chi connectivity index (χ1) is 8.70. The Morgan fingerprint density at radius 2 is 1.79 bits per heavy atom. The van der Waals surface area contributed by atoms with Crippen molar-refractivity contribution in [1.82, 2.24) is 0 Å². The Hall–Kier alpha value is -1.11. The van der Waals surface area contributed by atoms with Crippen molar-refractivity contribution >= 4 is 5.78 Å². The minimum atomic E-state index is 0.186. The third kappa shape index (κ3) is 5.18. The van der Waals surface area contributed by atoms with Crippen LogP contribution >= 0.6 is 0 Å². The van der Waals surface area contributed by atoms with Gasteiger partial charge in [-0.3, -0.25) is 4.79 Å². The first-order valence-corrected chi connectivity index (χ1v) is 7.32. The Bertz CT molecular complexity index is 424. The summed E-state index contributed by atoms with van der Waals surface area (Å²) in [5.74, 6) is 1.29. The highest BCUT2D eigenvalue weighted by Gasteiger charge is 2.23. The van der Waals surface area contributed by atoms with Gasteiger partial charge in [0.25, 0.3) is 0 Å². The molecule has 0 aliphatic heterocycles. The van der Waals surface area contributed by atoms with Crippen LogP contribution in [0.2, 0.25) is 0 Å². The maximum absolute atomic E-state index is 12.3. The van der Waals surface area contributed by atoms with Crippen LogP contribution in [0.15, 0.2) is 24.3 Å². The molecule has 106 valence electrons. The van der Waals surface area contributed by atoms with Crippen molar-refractivity contribution in [2.45, 2.75) is 54.4 Å². The number of hydrogen-bond donors (Lipinski definition) is 0. The van der Waals surface area contributed by atoms with Crippen LogP contribution in [-0.4, -0.2) is 5.78 Å². The second-order valence-corrected chi connectivity index (χ2v) is 7.19. The van der Waals surface area contributed by atoms with E-state index in [1.54, 1.807) is 0 Å². The molecular weight excluding hydrogens is 232 g/mol. The van der Waals surface area contributed by atoms with Gasteiger partial charge in [0, 0.05) is 12.0 Å². The number of hydrogen-bond acceptors (Lipinski definition) is 1. The van der Waals surface area contributed by atoms with Gasteiger partial charge in [-0.25, -0.2) is 0 Å². The van der Waals surface area contributed by atoms with Gasteiger partial charge >= 0.3 is 0 Å². The molecule has 0 aromatic heterocycles. The molecule has 0 spiro atoms. The van der Waals surface area contributed by atoms with E-state index >= 15 is 0 Å². The lowest BCUT2D eigenvalue weighted by atomic mass is 9.78. The monoisotopic (exact) mass is 260 g/mol. The molecule has 0 radical (unpaired) electrons. The summed E-state index contributed by atoms with van der Waals surface area (Å²) in [5.41, 5.74) is 2.32. The highest BCUT2D eigenvalue weighted by molar-refractivity contribution is 5.96. The zero-order valence-corrected chi connectivity index (χ0v) is 13.3. The summed E-state index contributed by atoms with van der Waals surface area (Å²) in [6.45, 7) is 13.2. The molecule has 0 aliphatic carbocycles. The van der Waals surface area contributed by atoms with E-state index in [9.17, 15) is 4.79 Å². The van der Waals surface area contributed by atoms with Gasteiger partial charge in [0.1, 0.15) is 0 Å². The topological polar surface area (TPSA) is 17.1 Å². The largest absolute Gasteiger partial charge is 0.294 e. The maximum Gasteiger partial charge on any atom is 0.163 e. The van der Waals surface area contributed by atoms with E-state index in [0.717, 1.165) is 12.0 Å². The molecule has 19 heavy (non-hydrogen) atoms. The average molecular weight is 260 g/mol. The number of carbonyl (C=O) groups excluding carboxylic acids is 1. The fraction of sp³-hybridized carbons (Fsp3) is 0.611. The van der Waals surface area contributed by atoms with E-state index in [2.05, 4.69) is 53.7 Å². The molecule has 0 fully saturated rings. The van der Waals surface area contributed by atoms with Crippen LogP contribution in [0.25, 0.3) is 0 Å². The lowest BCUT2D eigenvalue weighted by Gasteiger charge is -2.26. The first-order valence-electron chi connectivity index (χ1n) is 7.32. The third-order valence-corrected chi connectivity index (χ3v) is 3.86. The number of benzene rings is 1. The van der Waals surface area contributed by atoms with E-state index in [0.29, 0.717) is 18.3 Å². The Kier molecular flexibility index (Phi) is 5.34. The summed E-state index contributed by atoms with van der Waals surface area (Å²) in [5, 5.41) is 0. The molecule has 1 atom stereocenters. The molecule has 1 unspecified atom stereocenters. The number of ketones is 1. The zero-order valence-electron chi connectivity index (χ0n) is 13.3. The molecule has 1 nitrogen and oxygen atoms in total. The predicted octanol–water partition coefficient (Wildman–Crippen LogP) is 5.14. The molecule has 0 saturated heterocycles. The second kappa shape index (κ2) is 6.36. The number of rotatable bonds is 5. The van der Waals surface area contributed by atoms with Crippen LogP contribution in [0.3, 0.4) is 0 Å². The minimum absolute atomic E-state index is 0.186. The second-order valence-electron chi connectivity index (χ2n) is 7.19. The summed E-state index contributed by atoms with van der Waals surface area (Å²) in [6.07, 6.45) is 1.67. The summed E-state index contributed by atoms with van der Waals surface area (Å²) < 4.78 is 0. The fourth-order valence-electron chi connectivity index (χ4n) is 2.05. The van der Waals surface area contributed by atoms with Crippen LogP contribution in [0, 0.1) is 17.3 Å². The predicted molar refractivity (Wildman–Crippen MR) is 82.6 cm³/mol. The molecule has 1 aromatic rings. The molecule has 1 heteroatoms. The lowest BCUT2D eigenvalue weighted by Crippen LogP contribution is -2.20. The normalized spacial score (nSPS) is 13.6. The van der Waals surface area contributed by atoms with Crippen molar-refractivity contribution in [3.05, 3.63) is 35.4 Å². The molecule has 0 N–H and O–H groups in total. The van der Waals surface area contributed by atoms with E-state index in [1.165, 1.54) is 5.56 Å². The molecule has 0 amide bonds. The van der Waals surface area contributed by atoms with Gasteiger partial charge in [-0.15, -0.1) is 0 Å². The van der Waals surface area contributed by atoms with E-state index in [-0.39, 0.29) is 11.2 Å². The van der Waals surface area contributed by atoms with Crippen molar-refractivity contribution in [3.8, 4) is 0 Å². The minimum Gasteiger partial charge on any atom is -0.294 e. The Morgan fingerprint density at radius 1 is 1.16 bits per heavy atom. The first kappa shape index (κ1) is 15.9. The van der Waals surface area contributed by atoms with E-state index < -0.39 is 0 Å².